The summed E-state index contributed by atoms with van der Waals surface area (Å²) in [5, 5.41) is 10.8. The van der Waals surface area contributed by atoms with Crippen LogP contribution in [0.25, 0.3) is 0 Å². The monoisotopic (exact) mass is 236 g/mol. The van der Waals surface area contributed by atoms with Crippen LogP contribution >= 0.6 is 0 Å². The van der Waals surface area contributed by atoms with Crippen LogP contribution in [-0.4, -0.2) is 36.9 Å². The maximum absolute atomic E-state index is 11.5. The highest BCUT2D eigenvalue weighted by molar-refractivity contribution is 5.95. The number of nitrogens with zero attached hydrogens (tertiary/aromatic N) is 1. The lowest BCUT2D eigenvalue weighted by Gasteiger charge is -2.26. The zero-order chi connectivity index (χ0) is 12.3. The number of rotatable bonds is 2. The molecule has 0 unspecified atom stereocenters. The number of benzene rings is 1. The van der Waals surface area contributed by atoms with Crippen LogP contribution in [0.15, 0.2) is 24.3 Å². The molecule has 1 heterocycles. The minimum Gasteiger partial charge on any atom is -0.465 e. The summed E-state index contributed by atoms with van der Waals surface area (Å²) in [5.74, 6) is -0.0878. The highest BCUT2D eigenvalue weighted by Gasteiger charge is 2.19. The summed E-state index contributed by atoms with van der Waals surface area (Å²) in [7, 11) is 0. The Labute approximate surface area is 97.8 Å². The molecule has 1 aromatic rings. The minimum absolute atomic E-state index is 0.0878. The Kier molecular flexibility index (Phi) is 3.24. The first-order chi connectivity index (χ1) is 8.16. The summed E-state index contributed by atoms with van der Waals surface area (Å²) in [6, 6.07) is 6.64. The number of nitrogens with one attached hydrogen (secondary N) is 1. The van der Waals surface area contributed by atoms with Crippen molar-refractivity contribution in [1.82, 2.24) is 0 Å². The van der Waals surface area contributed by atoms with Crippen LogP contribution in [0, 0.1) is 0 Å². The van der Waals surface area contributed by atoms with Crippen molar-refractivity contribution in [3.05, 3.63) is 24.3 Å². The van der Waals surface area contributed by atoms with E-state index in [9.17, 15) is 9.59 Å². The van der Waals surface area contributed by atoms with Crippen LogP contribution in [0.5, 0.6) is 0 Å². The summed E-state index contributed by atoms with van der Waals surface area (Å²) in [4.78, 5) is 23.6. The molecule has 2 rings (SSSR count). The van der Waals surface area contributed by atoms with Gasteiger partial charge in [0.1, 0.15) is 6.61 Å². The first-order valence-electron chi connectivity index (χ1n) is 5.15. The first kappa shape index (κ1) is 11.4. The van der Waals surface area contributed by atoms with E-state index < -0.39 is 6.09 Å². The molecule has 2 amide bonds. The molecule has 6 nitrogen and oxygen atoms in total. The van der Waals surface area contributed by atoms with Gasteiger partial charge in [0.05, 0.1) is 6.61 Å². The molecule has 1 aliphatic rings. The molecular weight excluding hydrogens is 224 g/mol. The average Bonchev–Trinajstić information content (AvgIpc) is 2.30. The van der Waals surface area contributed by atoms with Gasteiger partial charge >= 0.3 is 6.09 Å². The molecule has 0 bridgehead atoms. The average molecular weight is 236 g/mol. The molecule has 1 saturated heterocycles. The van der Waals surface area contributed by atoms with Gasteiger partial charge in [-0.3, -0.25) is 10.1 Å². The Morgan fingerprint density at radius 2 is 2.06 bits per heavy atom. The fourth-order valence-corrected chi connectivity index (χ4v) is 1.64. The number of hydrogen-bond acceptors (Lipinski definition) is 3. The van der Waals surface area contributed by atoms with E-state index in [-0.39, 0.29) is 12.5 Å². The predicted octanol–water partition coefficient (Wildman–Crippen LogP) is 1.14. The first-order valence-corrected chi connectivity index (χ1v) is 5.15. The second-order valence-electron chi connectivity index (χ2n) is 3.57. The third-order valence-electron chi connectivity index (χ3n) is 2.42. The van der Waals surface area contributed by atoms with Gasteiger partial charge in [-0.05, 0) is 24.3 Å². The van der Waals surface area contributed by atoms with Crippen LogP contribution in [0.1, 0.15) is 0 Å². The Morgan fingerprint density at radius 3 is 2.65 bits per heavy atom. The van der Waals surface area contributed by atoms with Gasteiger partial charge in [-0.1, -0.05) is 0 Å². The molecule has 90 valence electrons. The summed E-state index contributed by atoms with van der Waals surface area (Å²) >= 11 is 0. The van der Waals surface area contributed by atoms with Crippen molar-refractivity contribution in [2.24, 2.45) is 0 Å². The van der Waals surface area contributed by atoms with Crippen LogP contribution in [0.3, 0.4) is 0 Å². The zero-order valence-electron chi connectivity index (χ0n) is 9.05. The lowest BCUT2D eigenvalue weighted by atomic mass is 10.2. The smallest absolute Gasteiger partial charge is 0.409 e. The third-order valence-corrected chi connectivity index (χ3v) is 2.42. The SMILES string of the molecule is O=C(O)Nc1ccc(N2CCOCC2=O)cc1. The Morgan fingerprint density at radius 1 is 1.35 bits per heavy atom. The Bertz CT molecular complexity index is 430. The number of anilines is 2. The van der Waals surface area contributed by atoms with Gasteiger partial charge in [-0.2, -0.15) is 0 Å². The molecule has 0 spiro atoms. The number of hydrogen-bond donors (Lipinski definition) is 2. The molecule has 1 fully saturated rings. The van der Waals surface area contributed by atoms with Crippen molar-refractivity contribution in [1.29, 1.82) is 0 Å². The van der Waals surface area contributed by atoms with Crippen molar-refractivity contribution < 1.29 is 19.4 Å². The molecule has 17 heavy (non-hydrogen) atoms. The van der Waals surface area contributed by atoms with Gasteiger partial charge in [0.15, 0.2) is 0 Å². The number of morpholine rings is 1. The van der Waals surface area contributed by atoms with E-state index in [1.165, 1.54) is 0 Å². The standard InChI is InChI=1S/C11H12N2O4/c14-10-7-17-6-5-13(10)9-3-1-8(2-4-9)12-11(15)16/h1-4,12H,5-7H2,(H,15,16). The quantitative estimate of drug-likeness (QED) is 0.807. The number of ether oxygens (including phenoxy) is 1. The number of carboxylic acid groups (broad SMARTS) is 1. The largest absolute Gasteiger partial charge is 0.465 e. The highest BCUT2D eigenvalue weighted by Crippen LogP contribution is 2.19. The number of carbonyl (C=O) groups excluding carboxylic acids is 1. The predicted molar refractivity (Wildman–Crippen MR) is 61.3 cm³/mol. The van der Waals surface area contributed by atoms with Crippen molar-refractivity contribution in [2.75, 3.05) is 30.0 Å². The number of carbonyl (C=O) groups is 2. The molecule has 0 radical (unpaired) electrons. The maximum atomic E-state index is 11.5. The van der Waals surface area contributed by atoms with Crippen LogP contribution in [0.2, 0.25) is 0 Å². The van der Waals surface area contributed by atoms with Gasteiger partial charge in [0, 0.05) is 17.9 Å². The minimum atomic E-state index is -1.11. The third kappa shape index (κ3) is 2.73. The molecular formula is C11H12N2O4. The summed E-state index contributed by atoms with van der Waals surface area (Å²) in [6.07, 6.45) is -1.11. The Hall–Kier alpha value is -2.08. The van der Waals surface area contributed by atoms with Crippen molar-refractivity contribution >= 4 is 23.4 Å². The topological polar surface area (TPSA) is 78.9 Å². The van der Waals surface area contributed by atoms with Gasteiger partial charge in [-0.15, -0.1) is 0 Å². The summed E-state index contributed by atoms with van der Waals surface area (Å²) in [6.45, 7) is 1.13. The van der Waals surface area contributed by atoms with Gasteiger partial charge in [0.2, 0.25) is 0 Å². The molecule has 1 aliphatic heterocycles. The van der Waals surface area contributed by atoms with Gasteiger partial charge < -0.3 is 14.7 Å². The van der Waals surface area contributed by atoms with Crippen molar-refractivity contribution in [3.63, 3.8) is 0 Å². The van der Waals surface area contributed by atoms with E-state index in [4.69, 9.17) is 9.84 Å². The molecule has 0 aromatic heterocycles. The van der Waals surface area contributed by atoms with E-state index in [0.29, 0.717) is 18.8 Å². The molecule has 0 aliphatic carbocycles. The lowest BCUT2D eigenvalue weighted by molar-refractivity contribution is -0.125. The molecule has 0 atom stereocenters. The fourth-order valence-electron chi connectivity index (χ4n) is 1.64. The van der Waals surface area contributed by atoms with E-state index in [0.717, 1.165) is 5.69 Å². The molecule has 2 N–H and O–H groups in total. The second kappa shape index (κ2) is 4.84. The highest BCUT2D eigenvalue weighted by atomic mass is 16.5. The lowest BCUT2D eigenvalue weighted by Crippen LogP contribution is -2.41. The van der Waals surface area contributed by atoms with E-state index in [1.54, 1.807) is 29.2 Å². The zero-order valence-corrected chi connectivity index (χ0v) is 9.05. The van der Waals surface area contributed by atoms with E-state index >= 15 is 0 Å². The molecule has 0 saturated carbocycles. The molecule has 6 heteroatoms. The number of amides is 2. The van der Waals surface area contributed by atoms with E-state index in [1.807, 2.05) is 0 Å². The maximum Gasteiger partial charge on any atom is 0.409 e. The van der Waals surface area contributed by atoms with Crippen LogP contribution in [-0.2, 0) is 9.53 Å². The van der Waals surface area contributed by atoms with Crippen molar-refractivity contribution in [3.8, 4) is 0 Å². The van der Waals surface area contributed by atoms with Gasteiger partial charge in [0.25, 0.3) is 5.91 Å². The molecule has 1 aromatic carbocycles. The van der Waals surface area contributed by atoms with Crippen LogP contribution in [0.4, 0.5) is 16.2 Å². The van der Waals surface area contributed by atoms with Gasteiger partial charge in [-0.25, -0.2) is 4.79 Å². The van der Waals surface area contributed by atoms with Crippen molar-refractivity contribution in [2.45, 2.75) is 0 Å². The van der Waals surface area contributed by atoms with E-state index in [2.05, 4.69) is 5.32 Å². The van der Waals surface area contributed by atoms with Crippen LogP contribution < -0.4 is 10.2 Å². The summed E-state index contributed by atoms with van der Waals surface area (Å²) < 4.78 is 5.03. The fraction of sp³-hybridized carbons (Fsp3) is 0.273. The Balaban J connectivity index is 2.11. The second-order valence-corrected chi connectivity index (χ2v) is 3.57. The summed E-state index contributed by atoms with van der Waals surface area (Å²) in [5.41, 5.74) is 1.22. The normalized spacial score (nSPS) is 15.8.